The van der Waals surface area contributed by atoms with Crippen molar-refractivity contribution in [3.8, 4) is 22.8 Å². The van der Waals surface area contributed by atoms with Crippen molar-refractivity contribution in [2.45, 2.75) is 32.2 Å². The van der Waals surface area contributed by atoms with Crippen LogP contribution < -0.4 is 15.8 Å². The quantitative estimate of drug-likeness (QED) is 0.470. The molecule has 0 fully saturated rings. The number of ketones is 1. The van der Waals surface area contributed by atoms with Gasteiger partial charge in [0.05, 0.1) is 24.4 Å². The Kier molecular flexibility index (Phi) is 7.33. The lowest BCUT2D eigenvalue weighted by atomic mass is 10.0. The van der Waals surface area contributed by atoms with E-state index in [1.807, 2.05) is 31.2 Å². The van der Waals surface area contributed by atoms with Crippen LogP contribution in [0.3, 0.4) is 0 Å². The zero-order valence-corrected chi connectivity index (χ0v) is 17.9. The van der Waals surface area contributed by atoms with Crippen LogP contribution in [0.4, 0.5) is 0 Å². The minimum atomic E-state index is -1.07. The average molecular weight is 435 g/mol. The molecule has 0 bridgehead atoms. The predicted octanol–water partition coefficient (Wildman–Crippen LogP) is 2.29. The number of benzene rings is 1. The summed E-state index contributed by atoms with van der Waals surface area (Å²) in [7, 11) is 1.60. The zero-order chi connectivity index (χ0) is 23.1. The van der Waals surface area contributed by atoms with Gasteiger partial charge in [-0.2, -0.15) is 0 Å². The number of nitrogens with zero attached hydrogens (tertiary/aromatic N) is 3. The lowest BCUT2D eigenvalue weighted by Crippen LogP contribution is -2.46. The Morgan fingerprint density at radius 1 is 1.16 bits per heavy atom. The van der Waals surface area contributed by atoms with E-state index < -0.39 is 23.6 Å². The highest BCUT2D eigenvalue weighted by atomic mass is 16.5. The number of Topliss-reactive ketones (excluding diaryl/α,β-unsaturated/α-hetero) is 1. The number of amides is 2. The second kappa shape index (κ2) is 10.3. The van der Waals surface area contributed by atoms with Crippen LogP contribution in [0, 0.1) is 0 Å². The van der Waals surface area contributed by atoms with E-state index in [4.69, 9.17) is 10.5 Å². The summed E-state index contributed by atoms with van der Waals surface area (Å²) in [5.41, 5.74) is 6.95. The van der Waals surface area contributed by atoms with Gasteiger partial charge in [-0.3, -0.25) is 19.0 Å². The molecule has 0 saturated carbocycles. The molecule has 3 rings (SSSR count). The molecule has 2 amide bonds. The maximum atomic E-state index is 13.0. The molecule has 0 spiro atoms. The van der Waals surface area contributed by atoms with Gasteiger partial charge in [-0.15, -0.1) is 0 Å². The van der Waals surface area contributed by atoms with Gasteiger partial charge in [0.1, 0.15) is 12.1 Å². The molecule has 1 aromatic carbocycles. The minimum absolute atomic E-state index is 0.241. The standard InChI is InChI=1S/C23H25N5O4/c1-3-4-7-18(20(29)21(24)30)27-23(31)17-6-5-12-25-22(17)28-13-19(26-14-28)15-8-10-16(32-2)11-9-15/h5-6,8-14,18H,3-4,7H2,1-2H3,(H2,24,30)(H,27,31). The molecule has 166 valence electrons. The van der Waals surface area contributed by atoms with Gasteiger partial charge in [0.25, 0.3) is 11.8 Å². The number of carbonyl (C=O) groups excluding carboxylic acids is 3. The Morgan fingerprint density at radius 2 is 1.91 bits per heavy atom. The number of unbranched alkanes of at least 4 members (excludes halogenated alkanes) is 1. The topological polar surface area (TPSA) is 129 Å². The third-order valence-electron chi connectivity index (χ3n) is 4.96. The van der Waals surface area contributed by atoms with Crippen molar-refractivity contribution in [3.05, 3.63) is 60.7 Å². The molecule has 9 nitrogen and oxygen atoms in total. The van der Waals surface area contributed by atoms with E-state index in [-0.39, 0.29) is 5.56 Å². The molecular formula is C23H25N5O4. The highest BCUT2D eigenvalue weighted by Gasteiger charge is 2.26. The maximum absolute atomic E-state index is 13.0. The molecule has 2 heterocycles. The molecule has 32 heavy (non-hydrogen) atoms. The SMILES string of the molecule is CCCCC(NC(=O)c1cccnc1-n1cnc(-c2ccc(OC)cc2)c1)C(=O)C(N)=O. The first-order chi connectivity index (χ1) is 15.4. The number of imidazole rings is 1. The van der Waals surface area contributed by atoms with Gasteiger partial charge < -0.3 is 15.8 Å². The smallest absolute Gasteiger partial charge is 0.287 e. The molecule has 0 aliphatic carbocycles. The van der Waals surface area contributed by atoms with Crippen molar-refractivity contribution in [1.82, 2.24) is 19.9 Å². The largest absolute Gasteiger partial charge is 0.497 e. The van der Waals surface area contributed by atoms with Crippen LogP contribution in [0.2, 0.25) is 0 Å². The zero-order valence-electron chi connectivity index (χ0n) is 17.9. The van der Waals surface area contributed by atoms with Crippen LogP contribution in [0.15, 0.2) is 55.1 Å². The van der Waals surface area contributed by atoms with Crippen molar-refractivity contribution in [2.24, 2.45) is 5.73 Å². The molecule has 2 aromatic heterocycles. The first-order valence-electron chi connectivity index (χ1n) is 10.2. The monoisotopic (exact) mass is 435 g/mol. The van der Waals surface area contributed by atoms with Gasteiger partial charge in [-0.25, -0.2) is 9.97 Å². The van der Waals surface area contributed by atoms with Crippen molar-refractivity contribution >= 4 is 17.6 Å². The third kappa shape index (κ3) is 5.18. The Bertz CT molecular complexity index is 1110. The summed E-state index contributed by atoms with van der Waals surface area (Å²) in [6.07, 6.45) is 6.66. The predicted molar refractivity (Wildman–Crippen MR) is 118 cm³/mol. The number of primary amides is 1. The fourth-order valence-electron chi connectivity index (χ4n) is 3.21. The van der Waals surface area contributed by atoms with E-state index in [0.717, 1.165) is 17.7 Å². The Labute approximate surface area is 185 Å². The number of nitrogens with one attached hydrogen (secondary N) is 1. The summed E-state index contributed by atoms with van der Waals surface area (Å²) in [6, 6.07) is 9.66. The third-order valence-corrected chi connectivity index (χ3v) is 4.96. The number of pyridine rings is 1. The summed E-state index contributed by atoms with van der Waals surface area (Å²) in [4.78, 5) is 45.2. The molecule has 0 radical (unpaired) electrons. The van der Waals surface area contributed by atoms with Crippen molar-refractivity contribution < 1.29 is 19.1 Å². The number of nitrogens with two attached hydrogens (primary N) is 1. The number of methoxy groups -OCH3 is 1. The molecule has 9 heteroatoms. The van der Waals surface area contributed by atoms with Gasteiger partial charge >= 0.3 is 0 Å². The number of hydrogen-bond acceptors (Lipinski definition) is 6. The molecule has 0 aliphatic heterocycles. The summed E-state index contributed by atoms with van der Waals surface area (Å²) in [5, 5.41) is 2.63. The number of ether oxygens (including phenoxy) is 1. The van der Waals surface area contributed by atoms with E-state index in [0.29, 0.717) is 24.4 Å². The lowest BCUT2D eigenvalue weighted by molar-refractivity contribution is -0.137. The summed E-state index contributed by atoms with van der Waals surface area (Å²) in [5.74, 6) is -1.33. The lowest BCUT2D eigenvalue weighted by Gasteiger charge is -2.17. The van der Waals surface area contributed by atoms with E-state index in [1.54, 1.807) is 42.5 Å². The highest BCUT2D eigenvalue weighted by Crippen LogP contribution is 2.22. The van der Waals surface area contributed by atoms with E-state index in [1.165, 1.54) is 0 Å². The molecule has 3 N–H and O–H groups in total. The van der Waals surface area contributed by atoms with E-state index in [9.17, 15) is 14.4 Å². The maximum Gasteiger partial charge on any atom is 0.287 e. The minimum Gasteiger partial charge on any atom is -0.497 e. The second-order valence-corrected chi connectivity index (χ2v) is 7.17. The Morgan fingerprint density at radius 3 is 2.56 bits per heavy atom. The Balaban J connectivity index is 1.86. The summed E-state index contributed by atoms with van der Waals surface area (Å²) in [6.45, 7) is 1.95. The number of hydrogen-bond donors (Lipinski definition) is 2. The van der Waals surface area contributed by atoms with Gasteiger partial charge in [0.2, 0.25) is 5.78 Å². The summed E-state index contributed by atoms with van der Waals surface area (Å²) < 4.78 is 6.81. The Hall–Kier alpha value is -4.01. The molecule has 0 aliphatic rings. The van der Waals surface area contributed by atoms with Crippen molar-refractivity contribution in [1.29, 1.82) is 0 Å². The van der Waals surface area contributed by atoms with Crippen LogP contribution in [0.25, 0.3) is 17.1 Å². The number of carbonyl (C=O) groups is 3. The number of rotatable bonds is 10. The van der Waals surface area contributed by atoms with Crippen molar-refractivity contribution in [3.63, 3.8) is 0 Å². The van der Waals surface area contributed by atoms with Gasteiger partial charge in [-0.1, -0.05) is 19.8 Å². The van der Waals surface area contributed by atoms with Gasteiger partial charge in [0, 0.05) is 18.0 Å². The van der Waals surface area contributed by atoms with Crippen LogP contribution in [-0.2, 0) is 9.59 Å². The first-order valence-corrected chi connectivity index (χ1v) is 10.2. The van der Waals surface area contributed by atoms with Crippen LogP contribution in [0.5, 0.6) is 5.75 Å². The fourth-order valence-corrected chi connectivity index (χ4v) is 3.21. The normalized spacial score (nSPS) is 11.6. The van der Waals surface area contributed by atoms with Gasteiger partial charge in [0.15, 0.2) is 5.82 Å². The first kappa shape index (κ1) is 22.7. The molecule has 1 unspecified atom stereocenters. The van der Waals surface area contributed by atoms with Gasteiger partial charge in [-0.05, 0) is 42.8 Å². The van der Waals surface area contributed by atoms with E-state index >= 15 is 0 Å². The fraction of sp³-hybridized carbons (Fsp3) is 0.261. The summed E-state index contributed by atoms with van der Waals surface area (Å²) >= 11 is 0. The van der Waals surface area contributed by atoms with E-state index in [2.05, 4.69) is 15.3 Å². The number of aromatic nitrogens is 3. The molecule has 0 saturated heterocycles. The molecule has 3 aromatic rings. The van der Waals surface area contributed by atoms with Crippen LogP contribution >= 0.6 is 0 Å². The molecular weight excluding hydrogens is 410 g/mol. The average Bonchev–Trinajstić information content (AvgIpc) is 3.31. The van der Waals surface area contributed by atoms with Crippen LogP contribution in [0.1, 0.15) is 36.5 Å². The highest BCUT2D eigenvalue weighted by molar-refractivity contribution is 6.38. The molecule has 1 atom stereocenters. The van der Waals surface area contributed by atoms with Crippen LogP contribution in [-0.4, -0.2) is 45.3 Å². The second-order valence-electron chi connectivity index (χ2n) is 7.17. The van der Waals surface area contributed by atoms with Crippen molar-refractivity contribution in [2.75, 3.05) is 7.11 Å².